The Balaban J connectivity index is 3.15. The highest BCUT2D eigenvalue weighted by Crippen LogP contribution is 2.19. The highest BCUT2D eigenvalue weighted by atomic mass is 19.2. The van der Waals surface area contributed by atoms with Crippen LogP contribution < -0.4 is 4.90 Å². The molecule has 0 heterocycles. The highest BCUT2D eigenvalue weighted by molar-refractivity contribution is 5.85. The maximum absolute atomic E-state index is 12.9. The maximum atomic E-state index is 12.9. The summed E-state index contributed by atoms with van der Waals surface area (Å²) < 4.78 is 25.5. The molecular weight excluding hydrogens is 180 g/mol. The average Bonchev–Trinajstić information content (AvgIpc) is 2.08. The third kappa shape index (κ3) is 1.74. The first-order chi connectivity index (χ1) is 6.04. The Morgan fingerprint density at radius 3 is 2.62 bits per heavy atom. The van der Waals surface area contributed by atoms with E-state index in [1.807, 2.05) is 0 Å². The Labute approximate surface area is 73.2 Å². The minimum atomic E-state index is -1.34. The highest BCUT2D eigenvalue weighted by Gasteiger charge is 2.15. The summed E-state index contributed by atoms with van der Waals surface area (Å²) >= 11 is 0. The van der Waals surface area contributed by atoms with Gasteiger partial charge in [-0.15, -0.1) is 0 Å². The summed E-state index contributed by atoms with van der Waals surface area (Å²) in [6.45, 7) is 0. The molecule has 1 aromatic carbocycles. The summed E-state index contributed by atoms with van der Waals surface area (Å²) in [4.78, 5) is 11.0. The molecule has 5 heteroatoms. The number of benzene rings is 1. The van der Waals surface area contributed by atoms with E-state index in [-0.39, 0.29) is 5.69 Å². The van der Waals surface area contributed by atoms with E-state index in [2.05, 4.69) is 0 Å². The van der Waals surface area contributed by atoms with Crippen molar-refractivity contribution in [3.8, 4) is 0 Å². The van der Waals surface area contributed by atoms with E-state index in [4.69, 9.17) is 5.11 Å². The molecule has 0 fully saturated rings. The monoisotopic (exact) mass is 187 g/mol. The molecular formula is C8H7F2NO2. The van der Waals surface area contributed by atoms with Crippen LogP contribution in [0.3, 0.4) is 0 Å². The first-order valence-corrected chi connectivity index (χ1v) is 3.44. The Morgan fingerprint density at radius 1 is 1.46 bits per heavy atom. The van der Waals surface area contributed by atoms with E-state index >= 15 is 0 Å². The Hall–Kier alpha value is -1.65. The zero-order valence-corrected chi connectivity index (χ0v) is 6.79. The number of nitrogens with zero attached hydrogens (tertiary/aromatic N) is 1. The molecule has 0 aliphatic carbocycles. The second-order valence-electron chi connectivity index (χ2n) is 2.41. The molecule has 0 saturated carbocycles. The van der Waals surface area contributed by atoms with Gasteiger partial charge in [-0.3, -0.25) is 4.90 Å². The Bertz CT molecular complexity index is 341. The van der Waals surface area contributed by atoms with E-state index in [1.165, 1.54) is 12.1 Å². The fourth-order valence-corrected chi connectivity index (χ4v) is 0.854. The number of anilines is 1. The predicted octanol–water partition coefficient (Wildman–Crippen LogP) is 2.08. The van der Waals surface area contributed by atoms with Crippen molar-refractivity contribution >= 4 is 11.8 Å². The van der Waals surface area contributed by atoms with Crippen molar-refractivity contribution in [1.29, 1.82) is 0 Å². The van der Waals surface area contributed by atoms with Gasteiger partial charge >= 0.3 is 6.09 Å². The molecule has 0 aliphatic heterocycles. The molecule has 0 unspecified atom stereocenters. The lowest BCUT2D eigenvalue weighted by molar-refractivity contribution is 0.203. The number of amides is 1. The van der Waals surface area contributed by atoms with E-state index < -0.39 is 17.7 Å². The summed E-state index contributed by atoms with van der Waals surface area (Å²) in [7, 11) is 1.14. The lowest BCUT2D eigenvalue weighted by Gasteiger charge is -2.13. The summed E-state index contributed by atoms with van der Waals surface area (Å²) in [5.74, 6) is -2.22. The van der Waals surface area contributed by atoms with Crippen LogP contribution in [0.15, 0.2) is 18.2 Å². The van der Waals surface area contributed by atoms with E-state index in [9.17, 15) is 13.6 Å². The summed E-state index contributed by atoms with van der Waals surface area (Å²) in [6, 6.07) is 3.36. The van der Waals surface area contributed by atoms with Gasteiger partial charge < -0.3 is 5.11 Å². The topological polar surface area (TPSA) is 40.5 Å². The molecule has 70 valence electrons. The van der Waals surface area contributed by atoms with E-state index in [1.54, 1.807) is 0 Å². The van der Waals surface area contributed by atoms with Gasteiger partial charge in [-0.25, -0.2) is 13.6 Å². The van der Waals surface area contributed by atoms with Crippen LogP contribution in [0.4, 0.5) is 19.3 Å². The van der Waals surface area contributed by atoms with Crippen LogP contribution in [-0.2, 0) is 0 Å². The van der Waals surface area contributed by atoms with Gasteiger partial charge in [0.15, 0.2) is 11.6 Å². The maximum Gasteiger partial charge on any atom is 0.411 e. The van der Waals surface area contributed by atoms with E-state index in [0.717, 1.165) is 13.1 Å². The Morgan fingerprint density at radius 2 is 2.08 bits per heavy atom. The van der Waals surface area contributed by atoms with Gasteiger partial charge in [-0.2, -0.15) is 0 Å². The minimum absolute atomic E-state index is 0.299. The second kappa shape index (κ2) is 3.38. The molecule has 1 amide bonds. The normalized spacial score (nSPS) is 9.77. The minimum Gasteiger partial charge on any atom is -0.465 e. The molecule has 1 aromatic rings. The number of carboxylic acid groups (broad SMARTS) is 1. The molecule has 1 N–H and O–H groups in total. The van der Waals surface area contributed by atoms with Crippen molar-refractivity contribution in [3.05, 3.63) is 29.8 Å². The fraction of sp³-hybridized carbons (Fsp3) is 0.125. The van der Waals surface area contributed by atoms with Crippen LogP contribution in [0.2, 0.25) is 0 Å². The molecule has 0 atom stereocenters. The van der Waals surface area contributed by atoms with Crippen LogP contribution in [0.5, 0.6) is 0 Å². The smallest absolute Gasteiger partial charge is 0.411 e. The van der Waals surface area contributed by atoms with Gasteiger partial charge in [-0.05, 0) is 12.1 Å². The van der Waals surface area contributed by atoms with Crippen LogP contribution >= 0.6 is 0 Å². The largest absolute Gasteiger partial charge is 0.465 e. The summed E-state index contributed by atoms with van der Waals surface area (Å²) in [5.41, 5.74) is -0.299. The lowest BCUT2D eigenvalue weighted by Crippen LogP contribution is -2.25. The van der Waals surface area contributed by atoms with Crippen molar-refractivity contribution in [2.75, 3.05) is 11.9 Å². The molecule has 3 nitrogen and oxygen atoms in total. The fourth-order valence-electron chi connectivity index (χ4n) is 0.854. The quantitative estimate of drug-likeness (QED) is 0.731. The zero-order valence-electron chi connectivity index (χ0n) is 6.79. The summed E-state index contributed by atoms with van der Waals surface area (Å²) in [5, 5.41) is 8.49. The average molecular weight is 187 g/mol. The van der Waals surface area contributed by atoms with Crippen LogP contribution in [0.1, 0.15) is 0 Å². The lowest BCUT2D eigenvalue weighted by atomic mass is 10.3. The number of hydrogen-bond donors (Lipinski definition) is 1. The third-order valence-corrected chi connectivity index (χ3v) is 1.58. The first kappa shape index (κ1) is 9.44. The van der Waals surface area contributed by atoms with Gasteiger partial charge in [0.1, 0.15) is 0 Å². The van der Waals surface area contributed by atoms with Crippen molar-refractivity contribution in [2.24, 2.45) is 0 Å². The van der Waals surface area contributed by atoms with E-state index in [0.29, 0.717) is 4.90 Å². The predicted molar refractivity (Wildman–Crippen MR) is 42.8 cm³/mol. The first-order valence-electron chi connectivity index (χ1n) is 3.44. The van der Waals surface area contributed by atoms with Gasteiger partial charge in [-0.1, -0.05) is 6.07 Å². The third-order valence-electron chi connectivity index (χ3n) is 1.58. The standard InChI is InChI=1S/C8H7F2NO2/c1-11(8(12)13)6-4-2-3-5(9)7(6)10/h2-4H,1H3,(H,12,13). The SMILES string of the molecule is CN(C(=O)O)c1cccc(F)c1F. The number of hydrogen-bond acceptors (Lipinski definition) is 1. The van der Waals surface area contributed by atoms with Gasteiger partial charge in [0.2, 0.25) is 0 Å². The Kier molecular flexibility index (Phi) is 2.46. The summed E-state index contributed by atoms with van der Waals surface area (Å²) in [6.07, 6.45) is -1.34. The number of halogens is 2. The number of rotatable bonds is 1. The molecule has 0 aliphatic rings. The zero-order chi connectivity index (χ0) is 10.0. The van der Waals surface area contributed by atoms with Crippen molar-refractivity contribution in [3.63, 3.8) is 0 Å². The second-order valence-corrected chi connectivity index (χ2v) is 2.41. The molecule has 0 spiro atoms. The molecule has 0 saturated heterocycles. The van der Waals surface area contributed by atoms with Gasteiger partial charge in [0.05, 0.1) is 5.69 Å². The van der Waals surface area contributed by atoms with Gasteiger partial charge in [0.25, 0.3) is 0 Å². The van der Waals surface area contributed by atoms with Crippen LogP contribution in [0, 0.1) is 11.6 Å². The van der Waals surface area contributed by atoms with Crippen molar-refractivity contribution in [1.82, 2.24) is 0 Å². The van der Waals surface area contributed by atoms with Gasteiger partial charge in [0, 0.05) is 7.05 Å². The van der Waals surface area contributed by atoms with Crippen LogP contribution in [0.25, 0.3) is 0 Å². The number of carbonyl (C=O) groups is 1. The molecule has 13 heavy (non-hydrogen) atoms. The van der Waals surface area contributed by atoms with Crippen LogP contribution in [-0.4, -0.2) is 18.2 Å². The van der Waals surface area contributed by atoms with Crippen molar-refractivity contribution in [2.45, 2.75) is 0 Å². The molecule has 0 bridgehead atoms. The molecule has 0 aromatic heterocycles. The molecule has 1 rings (SSSR count). The van der Waals surface area contributed by atoms with Crippen molar-refractivity contribution < 1.29 is 18.7 Å². The molecule has 0 radical (unpaired) electrons.